The summed E-state index contributed by atoms with van der Waals surface area (Å²) < 4.78 is 58.7. The number of hydrogen-bond donors (Lipinski definition) is 5. The monoisotopic (exact) mass is 1100 g/mol. The maximum Gasteiger partial charge on any atom is 0.259 e. The van der Waals surface area contributed by atoms with E-state index >= 15 is 0 Å². The van der Waals surface area contributed by atoms with Crippen LogP contribution in [-0.4, -0.2) is 128 Å². The van der Waals surface area contributed by atoms with Gasteiger partial charge in [-0.05, 0) is 127 Å². The molecule has 4 aliphatic carbocycles. The number of fused-ring (bicyclic) bond motifs is 4. The van der Waals surface area contributed by atoms with Gasteiger partial charge in [0.25, 0.3) is 11.8 Å². The Bertz CT molecular complexity index is 2410. The third-order valence-electron chi connectivity index (χ3n) is 15.6. The lowest BCUT2D eigenvalue weighted by molar-refractivity contribution is -0.142. The van der Waals surface area contributed by atoms with Crippen LogP contribution in [0.25, 0.3) is 0 Å². The van der Waals surface area contributed by atoms with E-state index < -0.39 is 77.5 Å². The molecule has 0 radical (unpaired) electrons. The Labute approximate surface area is 448 Å². The number of carbonyl (C=O) groups excluding carboxylic acids is 7. The number of allylic oxidation sites excluding steroid dienone is 2. The Morgan fingerprint density at radius 1 is 0.653 bits per heavy atom. The standard InChI is InChI=1S/C22H33N3O5S.C21H32N4O5S.C10H12O2.ClH/c1-15-8-5-3-2-4-6-9-16-14-22(16,21(28)24-31(29,30)17-11-12-17)23-19(26)18-10-7-13-25(18)20(15)27;22-16-8-5-3-1-2-4-7-14-13-21(14,20(28)24-31(29,30)15-10-11-15)23-18(26)17-9-6-12-25(17)19(16)27;1-8(11)7-9-3-5-10(12-2)6-4-9;/h6,9,15-18H,2-5,7-8,10-14H2,1H3,(H,23,26)(H,24,28);4,7,14-17H,1-3,5-6,8-13,22H2,(H,23,26)(H,24,28);3-6H,7H2,1-2H3;1H/b9-6-;7-4-;;/t15-,16+,18-,22+;14-,16+,17+,21-;;/m01../s1. The van der Waals surface area contributed by atoms with Crippen molar-refractivity contribution in [3.8, 4) is 5.75 Å². The zero-order valence-electron chi connectivity index (χ0n) is 43.6. The number of sulfonamides is 2. The SMILES string of the molecule is COc1ccc(CC(C)=O)cc1.C[C@H]1CCCCC/C=C\[C@@H]2C[C@@]2(C(=O)NS(=O)(=O)C2CC2)NC(=O)[C@@H]2CCCN2C1=O.Cl.N[C@H]1CCCCC/C=C\[C@@H]2C[C@@]2(C(=O)NS(=O)(=O)C2CC2)NC(=O)[C@@H]2CCCN2C1=O. The Balaban J connectivity index is 0.000000198. The van der Waals surface area contributed by atoms with E-state index in [1.54, 1.807) is 18.9 Å². The lowest BCUT2D eigenvalue weighted by atomic mass is 10.0. The van der Waals surface area contributed by atoms with E-state index in [2.05, 4.69) is 20.1 Å². The van der Waals surface area contributed by atoms with E-state index in [4.69, 9.17) is 10.5 Å². The number of Topliss-reactive ketones (excluding diaryl/α,β-unsaturated/α-hetero) is 1. The number of amides is 6. The Kier molecular flexibility index (Phi) is 20.2. The van der Waals surface area contributed by atoms with Gasteiger partial charge in [0.05, 0.1) is 23.7 Å². The fraction of sp³-hybridized carbons (Fsp3) is 0.679. The summed E-state index contributed by atoms with van der Waals surface area (Å²) in [5, 5.41) is 4.65. The molecule has 9 rings (SSSR count). The molecule has 8 atom stereocenters. The van der Waals surface area contributed by atoms with E-state index in [0.717, 1.165) is 75.5 Å². The van der Waals surface area contributed by atoms with Crippen LogP contribution >= 0.6 is 12.4 Å². The first-order valence-corrected chi connectivity index (χ1v) is 29.9. The number of rotatable bonds is 9. The molecule has 4 saturated carbocycles. The molecule has 0 spiro atoms. The largest absolute Gasteiger partial charge is 0.497 e. The smallest absolute Gasteiger partial charge is 0.259 e. The number of ether oxygens (including phenoxy) is 1. The van der Waals surface area contributed by atoms with Crippen LogP contribution in [0, 0.1) is 17.8 Å². The van der Waals surface area contributed by atoms with Crippen molar-refractivity contribution >= 4 is 73.7 Å². The second-order valence-electron chi connectivity index (χ2n) is 21.6. The summed E-state index contributed by atoms with van der Waals surface area (Å²) in [6.45, 7) is 4.51. The highest BCUT2D eigenvalue weighted by Crippen LogP contribution is 2.47. The fourth-order valence-electron chi connectivity index (χ4n) is 10.5. The number of hydrogen-bond acceptors (Lipinski definition) is 13. The third kappa shape index (κ3) is 15.2. The molecule has 1 aromatic rings. The molecule has 4 aliphatic heterocycles. The van der Waals surface area contributed by atoms with E-state index in [1.807, 2.05) is 55.5 Å². The summed E-state index contributed by atoms with van der Waals surface area (Å²) >= 11 is 0. The average Bonchev–Trinajstić information content (AvgIpc) is 4.23. The minimum Gasteiger partial charge on any atom is -0.497 e. The topological polar surface area (TPSA) is 278 Å². The first kappa shape index (κ1) is 59.4. The van der Waals surface area contributed by atoms with Crippen molar-refractivity contribution in [3.05, 3.63) is 54.1 Å². The number of nitrogens with zero attached hydrogens (tertiary/aromatic N) is 2. The zero-order valence-corrected chi connectivity index (χ0v) is 46.0. The van der Waals surface area contributed by atoms with Crippen molar-refractivity contribution in [2.24, 2.45) is 23.5 Å². The van der Waals surface area contributed by atoms with Gasteiger partial charge in [-0.1, -0.05) is 69.0 Å². The van der Waals surface area contributed by atoms with Gasteiger partial charge in [0.1, 0.15) is 34.7 Å². The van der Waals surface area contributed by atoms with Gasteiger partial charge in [0.15, 0.2) is 0 Å². The van der Waals surface area contributed by atoms with Crippen LogP contribution in [0.1, 0.15) is 148 Å². The summed E-state index contributed by atoms with van der Waals surface area (Å²) in [7, 11) is -5.80. The van der Waals surface area contributed by atoms with E-state index in [9.17, 15) is 50.4 Å². The average molecular weight is 1100 g/mol. The zero-order chi connectivity index (χ0) is 53.4. The third-order valence-corrected chi connectivity index (χ3v) is 19.2. The van der Waals surface area contributed by atoms with E-state index in [0.29, 0.717) is 83.7 Å². The Hall–Kier alpha value is -4.86. The van der Waals surface area contributed by atoms with E-state index in [-0.39, 0.29) is 53.7 Å². The summed E-state index contributed by atoms with van der Waals surface area (Å²) in [6, 6.07) is 5.61. The molecule has 416 valence electrons. The van der Waals surface area contributed by atoms with Crippen LogP contribution < -0.4 is 30.5 Å². The highest BCUT2D eigenvalue weighted by atomic mass is 35.5. The van der Waals surface area contributed by atoms with Gasteiger partial charge in [-0.3, -0.25) is 43.0 Å². The predicted octanol–water partition coefficient (Wildman–Crippen LogP) is 4.17. The number of nitrogens with one attached hydrogen (secondary N) is 4. The molecule has 1 aromatic carbocycles. The minimum atomic E-state index is -3.72. The Morgan fingerprint density at radius 2 is 1.11 bits per heavy atom. The van der Waals surface area contributed by atoms with Crippen molar-refractivity contribution in [2.75, 3.05) is 20.2 Å². The molecular formula is C53H78ClN7O12S2. The summed E-state index contributed by atoms with van der Waals surface area (Å²) in [5.74, 6) is -1.98. The molecule has 19 nitrogen and oxygen atoms in total. The summed E-state index contributed by atoms with van der Waals surface area (Å²) in [4.78, 5) is 92.1. The quantitative estimate of drug-likeness (QED) is 0.218. The van der Waals surface area contributed by atoms with Crippen molar-refractivity contribution in [3.63, 3.8) is 0 Å². The van der Waals surface area contributed by atoms with Gasteiger partial charge in [-0.25, -0.2) is 16.8 Å². The van der Waals surface area contributed by atoms with Crippen molar-refractivity contribution in [1.29, 1.82) is 0 Å². The first-order chi connectivity index (χ1) is 35.2. The molecule has 6 fully saturated rings. The molecule has 0 aromatic heterocycles. The van der Waals surface area contributed by atoms with Crippen molar-refractivity contribution in [2.45, 2.75) is 188 Å². The lowest BCUT2D eigenvalue weighted by Gasteiger charge is -2.28. The van der Waals surface area contributed by atoms with Gasteiger partial charge in [0.2, 0.25) is 43.7 Å². The van der Waals surface area contributed by atoms with Crippen LogP contribution in [0.3, 0.4) is 0 Å². The molecule has 75 heavy (non-hydrogen) atoms. The summed E-state index contributed by atoms with van der Waals surface area (Å²) in [5.41, 5.74) is 4.60. The predicted molar refractivity (Wildman–Crippen MR) is 284 cm³/mol. The summed E-state index contributed by atoms with van der Waals surface area (Å²) in [6.07, 6.45) is 22.6. The number of halogens is 1. The molecule has 8 aliphatic rings. The van der Waals surface area contributed by atoms with Gasteiger partial charge >= 0.3 is 0 Å². The van der Waals surface area contributed by atoms with Crippen LogP contribution in [0.5, 0.6) is 5.75 Å². The van der Waals surface area contributed by atoms with Crippen molar-refractivity contribution < 1.29 is 55.1 Å². The highest BCUT2D eigenvalue weighted by molar-refractivity contribution is 7.91. The molecule has 4 heterocycles. The second kappa shape index (κ2) is 25.5. The van der Waals surface area contributed by atoms with Gasteiger partial charge in [0, 0.05) is 37.3 Å². The molecule has 0 bridgehead atoms. The molecular weight excluding hydrogens is 1030 g/mol. The molecule has 22 heteroatoms. The molecule has 6 amide bonds. The maximum absolute atomic E-state index is 13.2. The number of nitrogens with two attached hydrogens (primary N) is 1. The van der Waals surface area contributed by atoms with Gasteiger partial charge in [-0.15, -0.1) is 12.4 Å². The van der Waals surface area contributed by atoms with Crippen molar-refractivity contribution in [1.82, 2.24) is 29.9 Å². The number of methoxy groups -OCH3 is 1. The number of carbonyl (C=O) groups is 7. The van der Waals surface area contributed by atoms with Crippen LogP contribution in [0.15, 0.2) is 48.6 Å². The van der Waals surface area contributed by atoms with Gasteiger partial charge < -0.3 is 30.9 Å². The molecule has 2 saturated heterocycles. The van der Waals surface area contributed by atoms with Crippen LogP contribution in [-0.2, 0) is 60.0 Å². The lowest BCUT2D eigenvalue weighted by Crippen LogP contribution is -2.57. The maximum atomic E-state index is 13.2. The number of ketones is 1. The van der Waals surface area contributed by atoms with E-state index in [1.165, 1.54) is 4.90 Å². The Morgan fingerprint density at radius 3 is 1.55 bits per heavy atom. The number of benzene rings is 1. The van der Waals surface area contributed by atoms with Gasteiger partial charge in [-0.2, -0.15) is 0 Å². The fourth-order valence-corrected chi connectivity index (χ4v) is 13.3. The highest BCUT2D eigenvalue weighted by Gasteiger charge is 2.63. The molecule has 6 N–H and O–H groups in total. The normalized spacial score (nSPS) is 31.1. The van der Waals surface area contributed by atoms with Crippen LogP contribution in [0.2, 0.25) is 0 Å². The van der Waals surface area contributed by atoms with Crippen LogP contribution in [0.4, 0.5) is 0 Å². The molecule has 0 unspecified atom stereocenters. The second-order valence-corrected chi connectivity index (χ2v) is 25.6. The first-order valence-electron chi connectivity index (χ1n) is 26.8. The minimum absolute atomic E-state index is 0.